The fourth-order valence-corrected chi connectivity index (χ4v) is 4.08. The first-order valence-electron chi connectivity index (χ1n) is 8.14. The average Bonchev–Trinajstić information content (AvgIpc) is 3.10. The fourth-order valence-electron chi connectivity index (χ4n) is 3.21. The first kappa shape index (κ1) is 16.1. The van der Waals surface area contributed by atoms with E-state index < -0.39 is 5.97 Å². The standard InChI is InChI=1S/C18H22N2O2S/c1-2-13-7-8-15(19-11-13)17(16-6-4-10-23-16)20-9-3-5-14(12-20)18(21)22/h4,6-8,10-11,14,17H,2-3,5,9,12H2,1H3,(H,21,22). The highest BCUT2D eigenvalue weighted by Crippen LogP contribution is 2.34. The molecule has 0 amide bonds. The van der Waals surface area contributed by atoms with Gasteiger partial charge in [-0.2, -0.15) is 0 Å². The largest absolute Gasteiger partial charge is 0.481 e. The Bertz CT molecular complexity index is 640. The van der Waals surface area contributed by atoms with E-state index >= 15 is 0 Å². The van der Waals surface area contributed by atoms with Crippen molar-refractivity contribution in [1.29, 1.82) is 0 Å². The van der Waals surface area contributed by atoms with Gasteiger partial charge in [-0.25, -0.2) is 0 Å². The fraction of sp³-hybridized carbons (Fsp3) is 0.444. The number of carboxylic acid groups (broad SMARTS) is 1. The van der Waals surface area contributed by atoms with Crippen LogP contribution in [0.4, 0.5) is 0 Å². The predicted molar refractivity (Wildman–Crippen MR) is 91.7 cm³/mol. The molecule has 2 aromatic heterocycles. The maximum atomic E-state index is 11.4. The predicted octanol–water partition coefficient (Wildman–Crippen LogP) is 3.59. The molecule has 0 aromatic carbocycles. The third kappa shape index (κ3) is 3.62. The minimum absolute atomic E-state index is 0.0584. The van der Waals surface area contributed by atoms with Crippen LogP contribution in [-0.2, 0) is 11.2 Å². The zero-order chi connectivity index (χ0) is 16.2. The van der Waals surface area contributed by atoms with E-state index in [1.165, 1.54) is 10.4 Å². The van der Waals surface area contributed by atoms with E-state index in [4.69, 9.17) is 0 Å². The first-order valence-corrected chi connectivity index (χ1v) is 9.02. The number of hydrogen-bond donors (Lipinski definition) is 1. The smallest absolute Gasteiger partial charge is 0.307 e. The van der Waals surface area contributed by atoms with E-state index in [1.807, 2.05) is 12.3 Å². The van der Waals surface area contributed by atoms with Gasteiger partial charge in [0, 0.05) is 17.6 Å². The summed E-state index contributed by atoms with van der Waals surface area (Å²) in [5.41, 5.74) is 2.23. The highest BCUT2D eigenvalue weighted by molar-refractivity contribution is 7.10. The van der Waals surface area contributed by atoms with E-state index in [-0.39, 0.29) is 12.0 Å². The summed E-state index contributed by atoms with van der Waals surface area (Å²) in [7, 11) is 0. The van der Waals surface area contributed by atoms with Crippen LogP contribution < -0.4 is 0 Å². The number of rotatable bonds is 5. The molecule has 3 heterocycles. The third-order valence-electron chi connectivity index (χ3n) is 4.52. The van der Waals surface area contributed by atoms with Gasteiger partial charge < -0.3 is 5.11 Å². The lowest BCUT2D eigenvalue weighted by Gasteiger charge is -2.36. The number of likely N-dealkylation sites (tertiary alicyclic amines) is 1. The van der Waals surface area contributed by atoms with Crippen molar-refractivity contribution in [3.63, 3.8) is 0 Å². The van der Waals surface area contributed by atoms with Crippen molar-refractivity contribution in [2.24, 2.45) is 5.92 Å². The lowest BCUT2D eigenvalue weighted by molar-refractivity contribution is -0.143. The maximum Gasteiger partial charge on any atom is 0.307 e. The van der Waals surface area contributed by atoms with Crippen LogP contribution in [0.15, 0.2) is 35.8 Å². The summed E-state index contributed by atoms with van der Waals surface area (Å²) in [6.07, 6.45) is 4.60. The molecule has 5 heteroatoms. The minimum atomic E-state index is -0.686. The Hall–Kier alpha value is -1.72. The molecule has 0 radical (unpaired) electrons. The minimum Gasteiger partial charge on any atom is -0.481 e. The van der Waals surface area contributed by atoms with Crippen molar-refractivity contribution in [2.45, 2.75) is 32.2 Å². The second-order valence-electron chi connectivity index (χ2n) is 6.04. The molecular formula is C18H22N2O2S. The number of aryl methyl sites for hydroxylation is 1. The molecule has 2 aromatic rings. The molecule has 122 valence electrons. The number of aromatic nitrogens is 1. The third-order valence-corrected chi connectivity index (χ3v) is 5.44. The summed E-state index contributed by atoms with van der Waals surface area (Å²) >= 11 is 1.71. The molecule has 0 saturated carbocycles. The second kappa shape index (κ2) is 7.23. The normalized spacial score (nSPS) is 20.3. The van der Waals surface area contributed by atoms with Crippen LogP contribution in [0, 0.1) is 5.92 Å². The van der Waals surface area contributed by atoms with Gasteiger partial charge in [0.1, 0.15) is 0 Å². The van der Waals surface area contributed by atoms with Crippen LogP contribution in [0.1, 0.15) is 41.9 Å². The molecule has 0 spiro atoms. The van der Waals surface area contributed by atoms with E-state index in [0.29, 0.717) is 6.54 Å². The van der Waals surface area contributed by atoms with Gasteiger partial charge in [0.25, 0.3) is 0 Å². The lowest BCUT2D eigenvalue weighted by Crippen LogP contribution is -2.41. The molecule has 2 atom stereocenters. The van der Waals surface area contributed by atoms with Gasteiger partial charge in [-0.3, -0.25) is 14.7 Å². The molecule has 1 saturated heterocycles. The molecule has 4 nitrogen and oxygen atoms in total. The summed E-state index contributed by atoms with van der Waals surface area (Å²) in [5, 5.41) is 11.4. The quantitative estimate of drug-likeness (QED) is 0.910. The molecule has 3 rings (SSSR count). The van der Waals surface area contributed by atoms with Crippen LogP contribution in [0.5, 0.6) is 0 Å². The Morgan fingerprint density at radius 2 is 2.35 bits per heavy atom. The second-order valence-corrected chi connectivity index (χ2v) is 7.01. The summed E-state index contributed by atoms with van der Waals surface area (Å²) in [4.78, 5) is 19.6. The molecule has 2 unspecified atom stereocenters. The number of piperidine rings is 1. The van der Waals surface area contributed by atoms with Crippen LogP contribution in [-0.4, -0.2) is 34.0 Å². The van der Waals surface area contributed by atoms with Crippen LogP contribution in [0.25, 0.3) is 0 Å². The van der Waals surface area contributed by atoms with Gasteiger partial charge in [-0.15, -0.1) is 11.3 Å². The van der Waals surface area contributed by atoms with Crippen molar-refractivity contribution in [3.05, 3.63) is 52.0 Å². The van der Waals surface area contributed by atoms with Crippen LogP contribution in [0.3, 0.4) is 0 Å². The summed E-state index contributed by atoms with van der Waals surface area (Å²) in [6, 6.07) is 8.44. The zero-order valence-corrected chi connectivity index (χ0v) is 14.1. The topological polar surface area (TPSA) is 53.4 Å². The number of carbonyl (C=O) groups is 1. The summed E-state index contributed by atoms with van der Waals surface area (Å²) in [5.74, 6) is -0.963. The molecule has 23 heavy (non-hydrogen) atoms. The number of pyridine rings is 1. The van der Waals surface area contributed by atoms with Crippen LogP contribution >= 0.6 is 11.3 Å². The van der Waals surface area contributed by atoms with Crippen LogP contribution in [0.2, 0.25) is 0 Å². The highest BCUT2D eigenvalue weighted by Gasteiger charge is 2.32. The van der Waals surface area contributed by atoms with Crippen molar-refractivity contribution in [3.8, 4) is 0 Å². The first-order chi connectivity index (χ1) is 11.2. The van der Waals surface area contributed by atoms with E-state index in [0.717, 1.165) is 31.5 Å². The molecule has 0 aliphatic carbocycles. The lowest BCUT2D eigenvalue weighted by atomic mass is 9.95. The molecule has 0 bridgehead atoms. The number of carboxylic acids is 1. The monoisotopic (exact) mass is 330 g/mol. The van der Waals surface area contributed by atoms with Gasteiger partial charge in [-0.1, -0.05) is 19.1 Å². The van der Waals surface area contributed by atoms with Gasteiger partial charge in [0.05, 0.1) is 17.7 Å². The molecular weight excluding hydrogens is 308 g/mol. The van der Waals surface area contributed by atoms with E-state index in [2.05, 4.69) is 40.4 Å². The van der Waals surface area contributed by atoms with E-state index in [1.54, 1.807) is 11.3 Å². The molecule has 1 N–H and O–H groups in total. The number of nitrogens with zero attached hydrogens (tertiary/aromatic N) is 2. The summed E-state index contributed by atoms with van der Waals surface area (Å²) in [6.45, 7) is 3.63. The number of hydrogen-bond acceptors (Lipinski definition) is 4. The van der Waals surface area contributed by atoms with Crippen molar-refractivity contribution < 1.29 is 9.90 Å². The Balaban J connectivity index is 1.90. The molecule has 1 aliphatic heterocycles. The van der Waals surface area contributed by atoms with Gasteiger partial charge in [0.2, 0.25) is 0 Å². The van der Waals surface area contributed by atoms with Crippen molar-refractivity contribution >= 4 is 17.3 Å². The van der Waals surface area contributed by atoms with Gasteiger partial charge in [0.15, 0.2) is 0 Å². The maximum absolute atomic E-state index is 11.4. The molecule has 1 fully saturated rings. The van der Waals surface area contributed by atoms with Crippen molar-refractivity contribution in [1.82, 2.24) is 9.88 Å². The average molecular weight is 330 g/mol. The van der Waals surface area contributed by atoms with Gasteiger partial charge >= 0.3 is 5.97 Å². The Morgan fingerprint density at radius 3 is 2.96 bits per heavy atom. The number of thiophene rings is 1. The number of aliphatic carboxylic acids is 1. The Morgan fingerprint density at radius 1 is 1.48 bits per heavy atom. The Kier molecular flexibility index (Phi) is 5.08. The van der Waals surface area contributed by atoms with Gasteiger partial charge in [-0.05, 0) is 48.9 Å². The SMILES string of the molecule is CCc1ccc(C(c2cccs2)N2CCCC(C(=O)O)C2)nc1. The Labute approximate surface area is 140 Å². The zero-order valence-electron chi connectivity index (χ0n) is 13.3. The highest BCUT2D eigenvalue weighted by atomic mass is 32.1. The molecule has 1 aliphatic rings. The summed E-state index contributed by atoms with van der Waals surface area (Å²) < 4.78 is 0. The van der Waals surface area contributed by atoms with Crippen molar-refractivity contribution in [2.75, 3.05) is 13.1 Å². The van der Waals surface area contributed by atoms with E-state index in [9.17, 15) is 9.90 Å².